The molecular weight excluding hydrogens is 169 g/mol. The fraction of sp³-hybridized carbons (Fsp3) is 1.00. The lowest BCUT2D eigenvalue weighted by Gasteiger charge is -2.30. The van der Waals surface area contributed by atoms with Crippen LogP contribution in [0.15, 0.2) is 0 Å². The van der Waals surface area contributed by atoms with Gasteiger partial charge < -0.3 is 4.74 Å². The Morgan fingerprint density at radius 3 is 3.00 bits per heavy atom. The quantitative estimate of drug-likeness (QED) is 0.651. The van der Waals surface area contributed by atoms with E-state index in [-0.39, 0.29) is 5.54 Å². The molecule has 0 spiro atoms. The summed E-state index contributed by atoms with van der Waals surface area (Å²) < 4.78 is 19.0. The molecule has 2 aliphatic rings. The van der Waals surface area contributed by atoms with E-state index in [9.17, 15) is 4.39 Å². The number of methoxy groups -OCH3 is 1. The zero-order valence-electron chi connectivity index (χ0n) is 8.48. The van der Waals surface area contributed by atoms with Crippen LogP contribution in [0.3, 0.4) is 0 Å². The number of nitrogens with zero attached hydrogens (tertiary/aromatic N) is 1. The molecule has 13 heavy (non-hydrogen) atoms. The van der Waals surface area contributed by atoms with Crippen molar-refractivity contribution >= 4 is 0 Å². The lowest BCUT2D eigenvalue weighted by Crippen LogP contribution is -2.42. The molecule has 0 aromatic carbocycles. The smallest absolute Gasteiger partial charge is 0.122 e. The Balaban J connectivity index is 2.15. The number of hydrogen-bond acceptors (Lipinski definition) is 2. The third-order valence-corrected chi connectivity index (χ3v) is 3.37. The minimum Gasteiger partial charge on any atom is -0.383 e. The van der Waals surface area contributed by atoms with Crippen molar-refractivity contribution in [3.8, 4) is 0 Å². The molecule has 2 unspecified atom stereocenters. The van der Waals surface area contributed by atoms with Crippen LogP contribution < -0.4 is 0 Å². The van der Waals surface area contributed by atoms with Gasteiger partial charge in [-0.25, -0.2) is 4.39 Å². The highest BCUT2D eigenvalue weighted by Gasteiger charge is 2.53. The van der Waals surface area contributed by atoms with Crippen molar-refractivity contribution in [2.75, 3.05) is 26.8 Å². The second-order valence-electron chi connectivity index (χ2n) is 4.77. The van der Waals surface area contributed by atoms with Crippen LogP contribution in [0.1, 0.15) is 26.2 Å². The summed E-state index contributed by atoms with van der Waals surface area (Å²) in [5, 5.41) is 0. The van der Waals surface area contributed by atoms with E-state index >= 15 is 0 Å². The van der Waals surface area contributed by atoms with Crippen LogP contribution in [0.5, 0.6) is 0 Å². The number of rotatable bonds is 2. The Kier molecular flexibility index (Phi) is 2.11. The standard InChI is InChI=1S/C10H18FNO/c1-9(11)6-10(8-13-2)4-3-5-12(10)7-9/h3-8H2,1-2H3. The maximum absolute atomic E-state index is 13.8. The largest absolute Gasteiger partial charge is 0.383 e. The first-order valence-electron chi connectivity index (χ1n) is 5.01. The molecule has 0 radical (unpaired) electrons. The minimum absolute atomic E-state index is 0.0260. The normalized spacial score (nSPS) is 45.5. The first kappa shape index (κ1) is 9.41. The first-order chi connectivity index (χ1) is 6.08. The highest BCUT2D eigenvalue weighted by atomic mass is 19.1. The topological polar surface area (TPSA) is 12.5 Å². The van der Waals surface area contributed by atoms with Gasteiger partial charge in [0.25, 0.3) is 0 Å². The lowest BCUT2D eigenvalue weighted by molar-refractivity contribution is 0.0644. The van der Waals surface area contributed by atoms with Crippen molar-refractivity contribution in [1.29, 1.82) is 0 Å². The van der Waals surface area contributed by atoms with Gasteiger partial charge in [-0.2, -0.15) is 0 Å². The second kappa shape index (κ2) is 2.92. The van der Waals surface area contributed by atoms with E-state index in [0.29, 0.717) is 19.6 Å². The lowest BCUT2D eigenvalue weighted by atomic mass is 9.90. The fourth-order valence-electron chi connectivity index (χ4n) is 3.06. The number of ether oxygens (including phenoxy) is 1. The molecule has 0 amide bonds. The van der Waals surface area contributed by atoms with Gasteiger partial charge in [0.15, 0.2) is 0 Å². The molecule has 0 aromatic rings. The zero-order valence-corrected chi connectivity index (χ0v) is 8.48. The number of alkyl halides is 1. The van der Waals surface area contributed by atoms with Gasteiger partial charge in [-0.05, 0) is 26.3 Å². The molecular formula is C10H18FNO. The van der Waals surface area contributed by atoms with Gasteiger partial charge in [0.05, 0.1) is 6.61 Å². The minimum atomic E-state index is -1.00. The van der Waals surface area contributed by atoms with Gasteiger partial charge in [-0.1, -0.05) is 0 Å². The summed E-state index contributed by atoms with van der Waals surface area (Å²) in [4.78, 5) is 2.27. The Morgan fingerprint density at radius 2 is 2.31 bits per heavy atom. The van der Waals surface area contributed by atoms with E-state index in [1.165, 1.54) is 6.42 Å². The molecule has 0 bridgehead atoms. The van der Waals surface area contributed by atoms with Crippen LogP contribution in [0.2, 0.25) is 0 Å². The van der Waals surface area contributed by atoms with Gasteiger partial charge in [0, 0.05) is 25.6 Å². The first-order valence-corrected chi connectivity index (χ1v) is 5.01. The number of fused-ring (bicyclic) bond motifs is 1. The molecule has 0 aliphatic carbocycles. The molecule has 2 fully saturated rings. The summed E-state index contributed by atoms with van der Waals surface area (Å²) in [5.41, 5.74) is -0.975. The monoisotopic (exact) mass is 187 g/mol. The van der Waals surface area contributed by atoms with Crippen LogP contribution in [0.25, 0.3) is 0 Å². The molecule has 2 nitrogen and oxygen atoms in total. The van der Waals surface area contributed by atoms with E-state index in [1.807, 2.05) is 0 Å². The Labute approximate surface area is 79.1 Å². The number of halogens is 1. The summed E-state index contributed by atoms with van der Waals surface area (Å²) in [6.45, 7) is 4.04. The zero-order chi connectivity index (χ0) is 9.53. The SMILES string of the molecule is COCC12CCCN1CC(C)(F)C2. The van der Waals surface area contributed by atoms with E-state index in [1.54, 1.807) is 14.0 Å². The summed E-state index contributed by atoms with van der Waals surface area (Å²) in [5.74, 6) is 0. The number of hydrogen-bond donors (Lipinski definition) is 0. The molecule has 2 heterocycles. The average molecular weight is 187 g/mol. The maximum atomic E-state index is 13.8. The highest BCUT2D eigenvalue weighted by molar-refractivity contribution is 5.08. The van der Waals surface area contributed by atoms with Crippen molar-refractivity contribution in [3.63, 3.8) is 0 Å². The third kappa shape index (κ3) is 1.48. The van der Waals surface area contributed by atoms with E-state index in [4.69, 9.17) is 4.74 Å². The molecule has 0 saturated carbocycles. The molecule has 0 N–H and O–H groups in total. The van der Waals surface area contributed by atoms with Crippen molar-refractivity contribution in [2.24, 2.45) is 0 Å². The van der Waals surface area contributed by atoms with Crippen molar-refractivity contribution in [2.45, 2.75) is 37.4 Å². The van der Waals surface area contributed by atoms with Crippen LogP contribution in [0, 0.1) is 0 Å². The van der Waals surface area contributed by atoms with Crippen LogP contribution in [-0.2, 0) is 4.74 Å². The van der Waals surface area contributed by atoms with Crippen LogP contribution in [0.4, 0.5) is 4.39 Å². The van der Waals surface area contributed by atoms with E-state index in [0.717, 1.165) is 13.0 Å². The van der Waals surface area contributed by atoms with Crippen molar-refractivity contribution in [1.82, 2.24) is 4.90 Å². The van der Waals surface area contributed by atoms with Crippen LogP contribution >= 0.6 is 0 Å². The maximum Gasteiger partial charge on any atom is 0.122 e. The Morgan fingerprint density at radius 1 is 1.54 bits per heavy atom. The molecule has 2 aliphatic heterocycles. The molecule has 3 heteroatoms. The average Bonchev–Trinajstić information content (AvgIpc) is 2.40. The summed E-state index contributed by atoms with van der Waals surface area (Å²) in [6.07, 6.45) is 2.94. The van der Waals surface area contributed by atoms with Crippen molar-refractivity contribution in [3.05, 3.63) is 0 Å². The second-order valence-corrected chi connectivity index (χ2v) is 4.77. The van der Waals surface area contributed by atoms with Gasteiger partial charge in [0.2, 0.25) is 0 Å². The Hall–Kier alpha value is -0.150. The predicted octanol–water partition coefficient (Wildman–Crippen LogP) is 1.60. The molecule has 0 aromatic heterocycles. The van der Waals surface area contributed by atoms with Gasteiger partial charge in [-0.3, -0.25) is 4.90 Å². The summed E-state index contributed by atoms with van der Waals surface area (Å²) in [7, 11) is 1.71. The van der Waals surface area contributed by atoms with E-state index in [2.05, 4.69) is 4.90 Å². The van der Waals surface area contributed by atoms with E-state index < -0.39 is 5.67 Å². The predicted molar refractivity (Wildman–Crippen MR) is 49.5 cm³/mol. The third-order valence-electron chi connectivity index (χ3n) is 3.37. The summed E-state index contributed by atoms with van der Waals surface area (Å²) >= 11 is 0. The van der Waals surface area contributed by atoms with Crippen LogP contribution in [-0.4, -0.2) is 42.9 Å². The molecule has 2 atom stereocenters. The molecule has 2 rings (SSSR count). The summed E-state index contributed by atoms with van der Waals surface area (Å²) in [6, 6.07) is 0. The van der Waals surface area contributed by atoms with Gasteiger partial charge in [0.1, 0.15) is 5.67 Å². The van der Waals surface area contributed by atoms with Crippen molar-refractivity contribution < 1.29 is 9.13 Å². The molecule has 2 saturated heterocycles. The molecule has 76 valence electrons. The highest BCUT2D eigenvalue weighted by Crippen LogP contribution is 2.44. The Bertz CT molecular complexity index is 207. The van der Waals surface area contributed by atoms with Gasteiger partial charge >= 0.3 is 0 Å². The fourth-order valence-corrected chi connectivity index (χ4v) is 3.06. The van der Waals surface area contributed by atoms with Gasteiger partial charge in [-0.15, -0.1) is 0 Å².